The fourth-order valence-corrected chi connectivity index (χ4v) is 1.70. The second kappa shape index (κ2) is 5.13. The molecule has 0 heterocycles. The molecule has 1 aromatic carbocycles. The quantitative estimate of drug-likeness (QED) is 0.608. The standard InChI is InChI=1S/C10H11FO5S/c1-3-16-9-5-4-7(17(11,13)14)6-8(9)10(12)15-2/h4-6H,3H2,1-2H3. The lowest BCUT2D eigenvalue weighted by atomic mass is 10.2. The molecule has 0 saturated heterocycles. The van der Waals surface area contributed by atoms with Crippen molar-refractivity contribution in [2.45, 2.75) is 11.8 Å². The van der Waals surface area contributed by atoms with Crippen LogP contribution in [0.15, 0.2) is 23.1 Å². The Morgan fingerprint density at radius 2 is 2.06 bits per heavy atom. The summed E-state index contributed by atoms with van der Waals surface area (Å²) in [6, 6.07) is 3.11. The van der Waals surface area contributed by atoms with Crippen molar-refractivity contribution in [3.05, 3.63) is 23.8 Å². The highest BCUT2D eigenvalue weighted by Gasteiger charge is 2.19. The molecular formula is C10H11FO5S. The van der Waals surface area contributed by atoms with Crippen LogP contribution in [0.4, 0.5) is 3.89 Å². The molecule has 0 amide bonds. The largest absolute Gasteiger partial charge is 0.493 e. The van der Waals surface area contributed by atoms with Crippen LogP contribution in [-0.4, -0.2) is 28.1 Å². The van der Waals surface area contributed by atoms with Crippen molar-refractivity contribution in [3.8, 4) is 5.75 Å². The Bertz CT molecular complexity index is 523. The van der Waals surface area contributed by atoms with E-state index in [2.05, 4.69) is 4.74 Å². The molecule has 0 fully saturated rings. The lowest BCUT2D eigenvalue weighted by molar-refractivity contribution is 0.0596. The molecule has 0 saturated carbocycles. The summed E-state index contributed by atoms with van der Waals surface area (Å²) in [5, 5.41) is 0. The zero-order valence-electron chi connectivity index (χ0n) is 9.27. The second-order valence-electron chi connectivity index (χ2n) is 3.02. The number of rotatable bonds is 4. The van der Waals surface area contributed by atoms with E-state index in [1.54, 1.807) is 6.92 Å². The van der Waals surface area contributed by atoms with Gasteiger partial charge in [0, 0.05) is 0 Å². The Kier molecular flexibility index (Phi) is 4.06. The van der Waals surface area contributed by atoms with Gasteiger partial charge in [0.1, 0.15) is 11.3 Å². The number of hydrogen-bond acceptors (Lipinski definition) is 5. The van der Waals surface area contributed by atoms with E-state index < -0.39 is 21.1 Å². The van der Waals surface area contributed by atoms with Gasteiger partial charge in [-0.25, -0.2) is 4.79 Å². The third-order valence-corrected chi connectivity index (χ3v) is 2.75. The van der Waals surface area contributed by atoms with Gasteiger partial charge >= 0.3 is 16.2 Å². The predicted octanol–water partition coefficient (Wildman–Crippen LogP) is 1.53. The Morgan fingerprint density at radius 3 is 2.53 bits per heavy atom. The molecule has 0 aliphatic heterocycles. The third kappa shape index (κ3) is 3.16. The summed E-state index contributed by atoms with van der Waals surface area (Å²) in [6.45, 7) is 1.98. The van der Waals surface area contributed by atoms with Gasteiger partial charge in [0.25, 0.3) is 0 Å². The Hall–Kier alpha value is -1.63. The molecule has 94 valence electrons. The van der Waals surface area contributed by atoms with Gasteiger partial charge in [-0.3, -0.25) is 0 Å². The van der Waals surface area contributed by atoms with E-state index in [0.717, 1.165) is 19.2 Å². The van der Waals surface area contributed by atoms with Gasteiger partial charge in [0.05, 0.1) is 18.6 Å². The van der Waals surface area contributed by atoms with E-state index in [9.17, 15) is 17.1 Å². The first-order valence-corrected chi connectivity index (χ1v) is 6.08. The second-order valence-corrected chi connectivity index (χ2v) is 4.37. The first-order chi connectivity index (χ1) is 7.90. The van der Waals surface area contributed by atoms with Crippen LogP contribution in [0.2, 0.25) is 0 Å². The maximum Gasteiger partial charge on any atom is 0.341 e. The summed E-state index contributed by atoms with van der Waals surface area (Å²) in [6.07, 6.45) is 0. The molecule has 17 heavy (non-hydrogen) atoms. The van der Waals surface area contributed by atoms with E-state index in [1.165, 1.54) is 6.07 Å². The fraction of sp³-hybridized carbons (Fsp3) is 0.300. The number of benzene rings is 1. The zero-order chi connectivity index (χ0) is 13.1. The number of halogens is 1. The van der Waals surface area contributed by atoms with E-state index in [1.807, 2.05) is 0 Å². The number of esters is 1. The van der Waals surface area contributed by atoms with Gasteiger partial charge in [-0.1, -0.05) is 0 Å². The summed E-state index contributed by atoms with van der Waals surface area (Å²) in [4.78, 5) is 10.8. The third-order valence-electron chi connectivity index (χ3n) is 1.94. The first kappa shape index (κ1) is 13.4. The van der Waals surface area contributed by atoms with Crippen LogP contribution in [-0.2, 0) is 15.0 Å². The van der Waals surface area contributed by atoms with Gasteiger partial charge in [0.15, 0.2) is 0 Å². The number of carbonyl (C=O) groups excluding carboxylic acids is 1. The van der Waals surface area contributed by atoms with Gasteiger partial charge in [-0.15, -0.1) is 3.89 Å². The number of carbonyl (C=O) groups is 1. The Balaban J connectivity index is 3.34. The van der Waals surface area contributed by atoms with Crippen LogP contribution in [0.5, 0.6) is 5.75 Å². The molecule has 0 aliphatic carbocycles. The lowest BCUT2D eigenvalue weighted by Crippen LogP contribution is -2.07. The normalized spacial score (nSPS) is 11.0. The summed E-state index contributed by atoms with van der Waals surface area (Å²) in [5.74, 6) is -0.648. The Labute approximate surface area is 98.4 Å². The molecule has 0 aromatic heterocycles. The SMILES string of the molecule is CCOc1ccc(S(=O)(=O)F)cc1C(=O)OC. The lowest BCUT2D eigenvalue weighted by Gasteiger charge is -2.09. The molecule has 0 spiro atoms. The predicted molar refractivity (Wildman–Crippen MR) is 57.2 cm³/mol. The molecule has 5 nitrogen and oxygen atoms in total. The number of ether oxygens (including phenoxy) is 2. The van der Waals surface area contributed by atoms with Crippen molar-refractivity contribution >= 4 is 16.2 Å². The zero-order valence-corrected chi connectivity index (χ0v) is 10.1. The molecule has 0 radical (unpaired) electrons. The highest BCUT2D eigenvalue weighted by Crippen LogP contribution is 2.24. The van der Waals surface area contributed by atoms with Crippen LogP contribution in [0, 0.1) is 0 Å². The molecule has 0 atom stereocenters. The minimum absolute atomic E-state index is 0.131. The van der Waals surface area contributed by atoms with Gasteiger partial charge in [-0.05, 0) is 25.1 Å². The van der Waals surface area contributed by atoms with Crippen molar-refractivity contribution in [2.75, 3.05) is 13.7 Å². The van der Waals surface area contributed by atoms with Gasteiger partial charge in [-0.2, -0.15) is 8.42 Å². The molecular weight excluding hydrogens is 251 g/mol. The summed E-state index contributed by atoms with van der Waals surface area (Å²) in [5.41, 5.74) is -0.131. The van der Waals surface area contributed by atoms with Crippen molar-refractivity contribution < 1.29 is 26.6 Å². The van der Waals surface area contributed by atoms with E-state index in [-0.39, 0.29) is 17.9 Å². The molecule has 0 bridgehead atoms. The number of hydrogen-bond donors (Lipinski definition) is 0. The fourth-order valence-electron chi connectivity index (χ4n) is 1.21. The number of methoxy groups -OCH3 is 1. The molecule has 7 heteroatoms. The van der Waals surface area contributed by atoms with Gasteiger partial charge < -0.3 is 9.47 Å². The smallest absolute Gasteiger partial charge is 0.341 e. The highest BCUT2D eigenvalue weighted by atomic mass is 32.3. The van der Waals surface area contributed by atoms with Crippen LogP contribution in [0.3, 0.4) is 0 Å². The van der Waals surface area contributed by atoms with E-state index in [4.69, 9.17) is 4.74 Å². The maximum absolute atomic E-state index is 12.8. The molecule has 0 N–H and O–H groups in total. The molecule has 0 unspecified atom stereocenters. The minimum Gasteiger partial charge on any atom is -0.493 e. The summed E-state index contributed by atoms with van der Waals surface area (Å²) < 4.78 is 43.7. The topological polar surface area (TPSA) is 69.7 Å². The monoisotopic (exact) mass is 262 g/mol. The highest BCUT2D eigenvalue weighted by molar-refractivity contribution is 7.86. The minimum atomic E-state index is -4.86. The van der Waals surface area contributed by atoms with Crippen LogP contribution >= 0.6 is 0 Å². The van der Waals surface area contributed by atoms with Crippen LogP contribution < -0.4 is 4.74 Å². The van der Waals surface area contributed by atoms with E-state index in [0.29, 0.717) is 0 Å². The molecule has 0 aliphatic rings. The maximum atomic E-state index is 12.8. The molecule has 1 aromatic rings. The average molecular weight is 262 g/mol. The summed E-state index contributed by atoms with van der Waals surface area (Å²) >= 11 is 0. The van der Waals surface area contributed by atoms with Crippen molar-refractivity contribution in [1.82, 2.24) is 0 Å². The molecule has 1 rings (SSSR count). The van der Waals surface area contributed by atoms with Gasteiger partial charge in [0.2, 0.25) is 0 Å². The summed E-state index contributed by atoms with van der Waals surface area (Å²) in [7, 11) is -3.73. The average Bonchev–Trinajstić information content (AvgIpc) is 2.27. The van der Waals surface area contributed by atoms with E-state index >= 15 is 0 Å². The van der Waals surface area contributed by atoms with Crippen LogP contribution in [0.25, 0.3) is 0 Å². The van der Waals surface area contributed by atoms with Crippen molar-refractivity contribution in [1.29, 1.82) is 0 Å². The van der Waals surface area contributed by atoms with Crippen molar-refractivity contribution in [2.24, 2.45) is 0 Å². The first-order valence-electron chi connectivity index (χ1n) is 4.70. The van der Waals surface area contributed by atoms with Crippen LogP contribution in [0.1, 0.15) is 17.3 Å². The Morgan fingerprint density at radius 1 is 1.41 bits per heavy atom. The van der Waals surface area contributed by atoms with Crippen molar-refractivity contribution in [3.63, 3.8) is 0 Å².